The van der Waals surface area contributed by atoms with E-state index in [1.807, 2.05) is 0 Å². The first-order chi connectivity index (χ1) is 10.4. The van der Waals surface area contributed by atoms with Crippen molar-refractivity contribution < 1.29 is 35.1 Å². The van der Waals surface area contributed by atoms with Gasteiger partial charge in [-0.1, -0.05) is 6.07 Å². The average molecular weight is 306 g/mol. The number of phenolic OH excluding ortho intramolecular Hbond substituents is 5. The van der Waals surface area contributed by atoms with E-state index >= 15 is 0 Å². The summed E-state index contributed by atoms with van der Waals surface area (Å²) in [7, 11) is 0. The van der Waals surface area contributed by atoms with Crippen molar-refractivity contribution in [3.8, 4) is 39.9 Å². The topological polar surface area (TPSA) is 127 Å². The van der Waals surface area contributed by atoms with Gasteiger partial charge in [0.15, 0.2) is 23.0 Å². The Morgan fingerprint density at radius 2 is 1.64 bits per heavy atom. The SMILES string of the molecule is CCOC(=O)c1cc(O)c(O)c(O)c1-c1ccc(O)c(O)c1. The van der Waals surface area contributed by atoms with Gasteiger partial charge in [-0.3, -0.25) is 0 Å². The molecule has 7 heteroatoms. The van der Waals surface area contributed by atoms with Gasteiger partial charge >= 0.3 is 5.97 Å². The minimum Gasteiger partial charge on any atom is -0.504 e. The van der Waals surface area contributed by atoms with Crippen molar-refractivity contribution in [2.45, 2.75) is 6.92 Å². The number of hydrogen-bond acceptors (Lipinski definition) is 7. The maximum Gasteiger partial charge on any atom is 0.339 e. The van der Waals surface area contributed by atoms with Crippen molar-refractivity contribution in [1.82, 2.24) is 0 Å². The third-order valence-electron chi connectivity index (χ3n) is 3.01. The summed E-state index contributed by atoms with van der Waals surface area (Å²) in [5.74, 6) is -3.92. The molecule has 0 spiro atoms. The van der Waals surface area contributed by atoms with Crippen LogP contribution in [-0.4, -0.2) is 38.1 Å². The molecule has 2 aromatic rings. The summed E-state index contributed by atoms with van der Waals surface area (Å²) < 4.78 is 4.84. The molecular weight excluding hydrogens is 292 g/mol. The Balaban J connectivity index is 2.74. The van der Waals surface area contributed by atoms with E-state index in [0.29, 0.717) is 0 Å². The molecule has 0 aliphatic rings. The molecule has 0 aliphatic carbocycles. The molecule has 2 rings (SSSR count). The van der Waals surface area contributed by atoms with E-state index in [1.165, 1.54) is 6.07 Å². The van der Waals surface area contributed by atoms with E-state index in [2.05, 4.69) is 0 Å². The van der Waals surface area contributed by atoms with Crippen LogP contribution in [0.15, 0.2) is 24.3 Å². The fourth-order valence-corrected chi connectivity index (χ4v) is 1.99. The minimum atomic E-state index is -0.823. The molecule has 5 N–H and O–H groups in total. The summed E-state index contributed by atoms with van der Waals surface area (Å²) in [6.45, 7) is 1.66. The van der Waals surface area contributed by atoms with Crippen LogP contribution in [0.4, 0.5) is 0 Å². The van der Waals surface area contributed by atoms with Crippen molar-refractivity contribution in [3.05, 3.63) is 29.8 Å². The first kappa shape index (κ1) is 15.3. The fourth-order valence-electron chi connectivity index (χ4n) is 1.99. The number of benzene rings is 2. The van der Waals surface area contributed by atoms with E-state index in [0.717, 1.165) is 18.2 Å². The second-order valence-corrected chi connectivity index (χ2v) is 4.44. The number of carbonyl (C=O) groups is 1. The summed E-state index contributed by atoms with van der Waals surface area (Å²) in [5, 5.41) is 48.1. The van der Waals surface area contributed by atoms with Gasteiger partial charge < -0.3 is 30.3 Å². The van der Waals surface area contributed by atoms with Gasteiger partial charge in [0.1, 0.15) is 0 Å². The zero-order valence-corrected chi connectivity index (χ0v) is 11.6. The smallest absolute Gasteiger partial charge is 0.339 e. The quantitative estimate of drug-likeness (QED) is 0.434. The fraction of sp³-hybridized carbons (Fsp3) is 0.133. The van der Waals surface area contributed by atoms with Crippen LogP contribution < -0.4 is 0 Å². The van der Waals surface area contributed by atoms with Crippen LogP contribution in [0.2, 0.25) is 0 Å². The van der Waals surface area contributed by atoms with Gasteiger partial charge in [-0.05, 0) is 30.7 Å². The normalized spacial score (nSPS) is 10.4. The Hall–Kier alpha value is -3.09. The Morgan fingerprint density at radius 1 is 0.955 bits per heavy atom. The molecule has 0 aromatic heterocycles. The average Bonchev–Trinajstić information content (AvgIpc) is 2.48. The largest absolute Gasteiger partial charge is 0.504 e. The minimum absolute atomic E-state index is 0.0709. The first-order valence-corrected chi connectivity index (χ1v) is 6.34. The van der Waals surface area contributed by atoms with Crippen molar-refractivity contribution in [1.29, 1.82) is 0 Å². The van der Waals surface area contributed by atoms with Crippen LogP contribution in [0, 0.1) is 0 Å². The molecule has 0 saturated heterocycles. The molecule has 0 aliphatic heterocycles. The number of carbonyl (C=O) groups excluding carboxylic acids is 1. The summed E-state index contributed by atoms with van der Waals surface area (Å²) in [6, 6.07) is 4.53. The second kappa shape index (κ2) is 5.72. The molecule has 0 unspecified atom stereocenters. The molecule has 0 atom stereocenters. The van der Waals surface area contributed by atoms with Crippen LogP contribution in [0.25, 0.3) is 11.1 Å². The molecule has 0 heterocycles. The van der Waals surface area contributed by atoms with Crippen molar-refractivity contribution in [3.63, 3.8) is 0 Å². The zero-order valence-electron chi connectivity index (χ0n) is 11.6. The Bertz CT molecular complexity index is 737. The Morgan fingerprint density at radius 3 is 2.23 bits per heavy atom. The molecule has 0 bridgehead atoms. The van der Waals surface area contributed by atoms with E-state index in [4.69, 9.17) is 4.74 Å². The second-order valence-electron chi connectivity index (χ2n) is 4.44. The lowest BCUT2D eigenvalue weighted by atomic mass is 9.97. The third-order valence-corrected chi connectivity index (χ3v) is 3.01. The molecular formula is C15H14O7. The number of phenols is 5. The van der Waals surface area contributed by atoms with Crippen LogP contribution in [0.3, 0.4) is 0 Å². The Kier molecular flexibility index (Phi) is 3.98. The van der Waals surface area contributed by atoms with Crippen LogP contribution in [0.1, 0.15) is 17.3 Å². The molecule has 0 amide bonds. The maximum atomic E-state index is 12.0. The van der Waals surface area contributed by atoms with Gasteiger partial charge in [0.25, 0.3) is 0 Å². The number of rotatable bonds is 3. The lowest BCUT2D eigenvalue weighted by Crippen LogP contribution is -2.06. The molecule has 0 fully saturated rings. The van der Waals surface area contributed by atoms with E-state index in [1.54, 1.807) is 6.92 Å². The van der Waals surface area contributed by atoms with Crippen LogP contribution in [0.5, 0.6) is 28.7 Å². The third kappa shape index (κ3) is 2.56. The lowest BCUT2D eigenvalue weighted by Gasteiger charge is -2.14. The number of esters is 1. The predicted molar refractivity (Wildman–Crippen MR) is 76.2 cm³/mol. The number of hydrogen-bond donors (Lipinski definition) is 5. The number of aromatic hydroxyl groups is 5. The monoisotopic (exact) mass is 306 g/mol. The highest BCUT2D eigenvalue weighted by atomic mass is 16.5. The zero-order chi connectivity index (χ0) is 16.4. The van der Waals surface area contributed by atoms with Crippen LogP contribution in [-0.2, 0) is 4.74 Å². The lowest BCUT2D eigenvalue weighted by molar-refractivity contribution is 0.0526. The van der Waals surface area contributed by atoms with Gasteiger partial charge in [-0.25, -0.2) is 4.79 Å². The standard InChI is InChI=1S/C15H14O7/c1-2-22-15(21)8-6-11(18)13(19)14(20)12(8)7-3-4-9(16)10(17)5-7/h3-6,16-20H,2H2,1H3. The summed E-state index contributed by atoms with van der Waals surface area (Å²) in [6.07, 6.45) is 0. The molecule has 7 nitrogen and oxygen atoms in total. The molecule has 0 radical (unpaired) electrons. The van der Waals surface area contributed by atoms with Gasteiger partial charge in [0.05, 0.1) is 12.2 Å². The molecule has 0 saturated carbocycles. The molecule has 22 heavy (non-hydrogen) atoms. The predicted octanol–water partition coefficient (Wildman–Crippen LogP) is 2.06. The van der Waals surface area contributed by atoms with Crippen molar-refractivity contribution in [2.75, 3.05) is 6.61 Å². The Labute approximate surface area is 125 Å². The highest BCUT2D eigenvalue weighted by Gasteiger charge is 2.24. The molecule has 2 aromatic carbocycles. The van der Waals surface area contributed by atoms with Crippen LogP contribution >= 0.6 is 0 Å². The van der Waals surface area contributed by atoms with E-state index < -0.39 is 29.0 Å². The van der Waals surface area contributed by atoms with E-state index in [9.17, 15) is 30.3 Å². The van der Waals surface area contributed by atoms with Gasteiger partial charge in [0, 0.05) is 5.56 Å². The van der Waals surface area contributed by atoms with Gasteiger partial charge in [0.2, 0.25) is 5.75 Å². The highest BCUT2D eigenvalue weighted by Crippen LogP contribution is 2.46. The van der Waals surface area contributed by atoms with E-state index in [-0.39, 0.29) is 29.0 Å². The first-order valence-electron chi connectivity index (χ1n) is 6.34. The number of ether oxygens (including phenoxy) is 1. The maximum absolute atomic E-state index is 12.0. The summed E-state index contributed by atoms with van der Waals surface area (Å²) >= 11 is 0. The molecule has 116 valence electrons. The van der Waals surface area contributed by atoms with Gasteiger partial charge in [-0.15, -0.1) is 0 Å². The summed E-state index contributed by atoms with van der Waals surface area (Å²) in [4.78, 5) is 12.0. The van der Waals surface area contributed by atoms with Crippen molar-refractivity contribution in [2.24, 2.45) is 0 Å². The van der Waals surface area contributed by atoms with Crippen molar-refractivity contribution >= 4 is 5.97 Å². The van der Waals surface area contributed by atoms with Gasteiger partial charge in [-0.2, -0.15) is 0 Å². The highest BCUT2D eigenvalue weighted by molar-refractivity contribution is 6.01. The summed E-state index contributed by atoms with van der Waals surface area (Å²) in [5.41, 5.74) is -0.185.